The molecular formula is C55H60N5O5+. The summed E-state index contributed by atoms with van der Waals surface area (Å²) in [7, 11) is 1.90. The standard InChI is InChI=1S/C24H27N3O2.C23H17N2O3.C8H16/c1-26(21-10-6-3-7-11-21)24(28)27-16-23(25-18-27)20-12-14-22(15-13-20)29-17-19-8-4-2-5-9-19;26-23(28-21-9-5-2-6-10-21)25-15-22(24-17-25)19-11-13-20(14-12-19)27-16-18-7-3-1-4-8-18;1-2-8-6-4-3-5-7-8/h2,4-5,8-9,12-16,18,21H,3,6-7,10-11,17H2,1H3;1-5,7-15,17H,16H2;8H,2-7H2,1H3/q;+1;. The molecule has 65 heavy (non-hydrogen) atoms. The summed E-state index contributed by atoms with van der Waals surface area (Å²) in [5.41, 5.74) is 5.54. The van der Waals surface area contributed by atoms with E-state index in [4.69, 9.17) is 14.2 Å². The van der Waals surface area contributed by atoms with Gasteiger partial charge in [-0.3, -0.25) is 4.57 Å². The highest BCUT2D eigenvalue weighted by molar-refractivity contribution is 5.78. The average Bonchev–Trinajstić information content (AvgIpc) is 4.09. The molecule has 1 amide bonds. The molecule has 2 heterocycles. The van der Waals surface area contributed by atoms with Gasteiger partial charge in [0.05, 0.1) is 23.5 Å². The smallest absolute Gasteiger partial charge is 0.437 e. The molecule has 4 aromatic carbocycles. The molecule has 0 spiro atoms. The van der Waals surface area contributed by atoms with Crippen molar-refractivity contribution in [3.8, 4) is 34.0 Å². The second-order valence-corrected chi connectivity index (χ2v) is 16.6. The SMILES string of the molecule is CCC1CCCCC1.CN(C(=O)n1cnc(-c2ccc(OCc3ccccc3)cc2)c1)C1CCCCC1.O=C(OC1=CC=C[C+]=C1)n1cnc(-c2ccc(OCc3ccccc3)cc2)c1. The molecule has 2 aromatic heterocycles. The van der Waals surface area contributed by atoms with Gasteiger partial charge in [-0.1, -0.05) is 125 Å². The Labute approximate surface area is 383 Å². The van der Waals surface area contributed by atoms with Gasteiger partial charge in [0.25, 0.3) is 0 Å². The summed E-state index contributed by atoms with van der Waals surface area (Å²) in [6, 6.07) is 35.8. The average molecular weight is 871 g/mol. The topological polar surface area (TPSA) is 101 Å². The minimum Gasteiger partial charge on any atom is -0.489 e. The molecule has 2 fully saturated rings. The fourth-order valence-corrected chi connectivity index (χ4v) is 8.07. The Balaban J connectivity index is 0.000000166. The van der Waals surface area contributed by atoms with Gasteiger partial charge in [0.2, 0.25) is 5.76 Å². The molecule has 3 aliphatic rings. The van der Waals surface area contributed by atoms with Crippen LogP contribution in [-0.2, 0) is 18.0 Å². The summed E-state index contributed by atoms with van der Waals surface area (Å²) in [4.78, 5) is 35.6. The van der Waals surface area contributed by atoms with Crippen LogP contribution in [0.4, 0.5) is 9.59 Å². The number of carbonyl (C=O) groups is 2. The Bertz CT molecular complexity index is 2460. The molecule has 334 valence electrons. The lowest BCUT2D eigenvalue weighted by molar-refractivity contribution is 0.175. The number of allylic oxidation sites excluding steroid dienone is 5. The van der Waals surface area contributed by atoms with Crippen molar-refractivity contribution < 1.29 is 23.8 Å². The summed E-state index contributed by atoms with van der Waals surface area (Å²) >= 11 is 0. The summed E-state index contributed by atoms with van der Waals surface area (Å²) in [5, 5.41) is 0. The molecule has 0 atom stereocenters. The van der Waals surface area contributed by atoms with Crippen LogP contribution in [0.5, 0.6) is 11.5 Å². The van der Waals surface area contributed by atoms with Crippen LogP contribution in [0.2, 0.25) is 0 Å². The minimum atomic E-state index is -0.527. The van der Waals surface area contributed by atoms with E-state index in [1.165, 1.54) is 68.7 Å². The molecule has 0 bridgehead atoms. The van der Waals surface area contributed by atoms with Gasteiger partial charge in [0, 0.05) is 42.7 Å². The molecule has 0 unspecified atom stereocenters. The van der Waals surface area contributed by atoms with E-state index in [0.717, 1.165) is 58.2 Å². The fourth-order valence-electron chi connectivity index (χ4n) is 8.07. The van der Waals surface area contributed by atoms with E-state index in [9.17, 15) is 9.59 Å². The first-order valence-corrected chi connectivity index (χ1v) is 23.0. The predicted molar refractivity (Wildman–Crippen MR) is 256 cm³/mol. The third kappa shape index (κ3) is 14.0. The normalized spacial score (nSPS) is 14.6. The first kappa shape index (κ1) is 46.0. The Morgan fingerprint density at radius 3 is 1.66 bits per heavy atom. The van der Waals surface area contributed by atoms with Crippen LogP contribution >= 0.6 is 0 Å². The number of benzene rings is 4. The zero-order valence-electron chi connectivity index (χ0n) is 37.6. The van der Waals surface area contributed by atoms with Crippen LogP contribution in [0.1, 0.15) is 88.7 Å². The summed E-state index contributed by atoms with van der Waals surface area (Å²) < 4.78 is 19.8. The molecule has 2 saturated carbocycles. The van der Waals surface area contributed by atoms with Crippen LogP contribution in [-0.4, -0.2) is 49.2 Å². The number of nitrogens with zero attached hydrogens (tertiary/aromatic N) is 5. The Kier molecular flexibility index (Phi) is 17.1. The lowest BCUT2D eigenvalue weighted by Gasteiger charge is -2.31. The highest BCUT2D eigenvalue weighted by Gasteiger charge is 2.23. The van der Waals surface area contributed by atoms with Crippen molar-refractivity contribution >= 4 is 12.1 Å². The fraction of sp³-hybridized carbons (Fsp3) is 0.309. The van der Waals surface area contributed by atoms with Crippen LogP contribution in [0.15, 0.2) is 164 Å². The first-order valence-electron chi connectivity index (χ1n) is 23.0. The van der Waals surface area contributed by atoms with Gasteiger partial charge in [-0.05, 0) is 78.4 Å². The second-order valence-electron chi connectivity index (χ2n) is 16.6. The van der Waals surface area contributed by atoms with E-state index in [2.05, 4.69) is 23.0 Å². The van der Waals surface area contributed by atoms with Crippen molar-refractivity contribution in [3.05, 3.63) is 182 Å². The van der Waals surface area contributed by atoms with Crippen molar-refractivity contribution in [2.75, 3.05) is 7.05 Å². The van der Waals surface area contributed by atoms with E-state index in [1.807, 2.05) is 127 Å². The molecule has 0 radical (unpaired) electrons. The molecule has 0 saturated heterocycles. The van der Waals surface area contributed by atoms with Gasteiger partial charge >= 0.3 is 12.1 Å². The van der Waals surface area contributed by atoms with Crippen LogP contribution in [0.25, 0.3) is 22.5 Å². The van der Waals surface area contributed by atoms with E-state index in [0.29, 0.717) is 30.7 Å². The lowest BCUT2D eigenvalue weighted by Crippen LogP contribution is -2.40. The van der Waals surface area contributed by atoms with E-state index in [1.54, 1.807) is 41.4 Å². The van der Waals surface area contributed by atoms with Crippen LogP contribution in [0.3, 0.4) is 0 Å². The third-order valence-electron chi connectivity index (χ3n) is 12.0. The largest absolute Gasteiger partial charge is 0.489 e. The van der Waals surface area contributed by atoms with Gasteiger partial charge in [0.1, 0.15) is 49.5 Å². The molecule has 3 aliphatic carbocycles. The van der Waals surface area contributed by atoms with Crippen molar-refractivity contribution in [2.24, 2.45) is 5.92 Å². The second kappa shape index (κ2) is 24.1. The lowest BCUT2D eigenvalue weighted by atomic mass is 9.88. The Morgan fingerprint density at radius 1 is 0.662 bits per heavy atom. The Morgan fingerprint density at radius 2 is 1.17 bits per heavy atom. The zero-order chi connectivity index (χ0) is 45.1. The third-order valence-corrected chi connectivity index (χ3v) is 12.0. The van der Waals surface area contributed by atoms with E-state index < -0.39 is 6.09 Å². The van der Waals surface area contributed by atoms with Crippen molar-refractivity contribution in [2.45, 2.75) is 96.8 Å². The number of rotatable bonds is 11. The number of amides is 1. The first-order chi connectivity index (χ1) is 31.9. The monoisotopic (exact) mass is 870 g/mol. The zero-order valence-corrected chi connectivity index (χ0v) is 37.6. The number of carbonyl (C=O) groups excluding carboxylic acids is 2. The minimum absolute atomic E-state index is 0.0153. The molecule has 6 aromatic rings. The van der Waals surface area contributed by atoms with Crippen LogP contribution in [0, 0.1) is 12.0 Å². The predicted octanol–water partition coefficient (Wildman–Crippen LogP) is 13.3. The van der Waals surface area contributed by atoms with Crippen molar-refractivity contribution in [1.29, 1.82) is 0 Å². The highest BCUT2D eigenvalue weighted by atomic mass is 16.6. The molecular weight excluding hydrogens is 811 g/mol. The number of imidazole rings is 2. The summed E-state index contributed by atoms with van der Waals surface area (Å²) in [6.45, 7) is 3.37. The van der Waals surface area contributed by atoms with Gasteiger partial charge in [-0.15, -0.1) is 0 Å². The molecule has 9 rings (SSSR count). The van der Waals surface area contributed by atoms with Crippen molar-refractivity contribution in [3.63, 3.8) is 0 Å². The van der Waals surface area contributed by atoms with Crippen molar-refractivity contribution in [1.82, 2.24) is 24.0 Å². The highest BCUT2D eigenvalue weighted by Crippen LogP contribution is 2.27. The van der Waals surface area contributed by atoms with Gasteiger partial charge in [-0.25, -0.2) is 24.1 Å². The number of aromatic nitrogens is 4. The summed E-state index contributed by atoms with van der Waals surface area (Å²) in [5.74, 6) is 3.10. The molecule has 0 N–H and O–H groups in total. The maximum absolute atomic E-state index is 12.8. The Hall–Kier alpha value is -7.03. The quantitative estimate of drug-likeness (QED) is 0.120. The maximum atomic E-state index is 12.8. The molecule has 10 nitrogen and oxygen atoms in total. The van der Waals surface area contributed by atoms with Gasteiger partial charge in [0.15, 0.2) is 0 Å². The number of ether oxygens (including phenoxy) is 3. The van der Waals surface area contributed by atoms with E-state index in [-0.39, 0.29) is 6.03 Å². The number of hydrogen-bond acceptors (Lipinski definition) is 7. The van der Waals surface area contributed by atoms with E-state index >= 15 is 0 Å². The summed E-state index contributed by atoms with van der Waals surface area (Å²) in [6.07, 6.45) is 30.4. The van der Waals surface area contributed by atoms with Gasteiger partial charge in [-0.2, -0.15) is 0 Å². The van der Waals surface area contributed by atoms with Gasteiger partial charge < -0.3 is 19.1 Å². The van der Waals surface area contributed by atoms with Crippen LogP contribution < -0.4 is 9.47 Å². The number of hydrogen-bond donors (Lipinski definition) is 0. The molecule has 0 aliphatic heterocycles. The molecule has 10 heteroatoms. The maximum Gasteiger partial charge on any atom is 0.437 e.